The topological polar surface area (TPSA) is 184 Å². The standard InChI is InChI=1S/2C10H14F3N3.C8H6O4.CO2/c2*1-7(14-2)3-4-8-5-16-9(6-15-8)10(11,12)13;9-7(10)5-2-1-3-6(4-5)8(11)12;2-1-3/h2*5-7,14H,3-4H2,1-2H3;1-4H,(H,9,10)(H,11,12);/t2*7-;;/m00../s1. The van der Waals surface area contributed by atoms with E-state index in [9.17, 15) is 35.9 Å². The van der Waals surface area contributed by atoms with E-state index in [0.29, 0.717) is 36.3 Å². The van der Waals surface area contributed by atoms with Gasteiger partial charge in [0.2, 0.25) is 0 Å². The first-order valence-electron chi connectivity index (χ1n) is 13.6. The number of hydrogen-bond donors (Lipinski definition) is 4. The first-order chi connectivity index (χ1) is 21.9. The van der Waals surface area contributed by atoms with Gasteiger partial charge in [0.25, 0.3) is 0 Å². The Hall–Kier alpha value is -4.80. The fourth-order valence-electron chi connectivity index (χ4n) is 3.06. The Morgan fingerprint density at radius 1 is 0.723 bits per heavy atom. The fraction of sp³-hybridized carbons (Fsp3) is 0.414. The number of carboxylic acids is 2. The molecule has 0 bridgehead atoms. The monoisotopic (exact) mass is 676 g/mol. The van der Waals surface area contributed by atoms with E-state index in [1.54, 1.807) is 0 Å². The Labute approximate surface area is 265 Å². The number of hydrogen-bond acceptors (Lipinski definition) is 10. The van der Waals surface area contributed by atoms with Crippen molar-refractivity contribution in [3.8, 4) is 0 Å². The number of nitrogens with one attached hydrogen (secondary N) is 2. The fourth-order valence-corrected chi connectivity index (χ4v) is 3.06. The Bertz CT molecular complexity index is 1300. The van der Waals surface area contributed by atoms with Crippen molar-refractivity contribution in [2.75, 3.05) is 14.1 Å². The third-order valence-corrected chi connectivity index (χ3v) is 6.00. The number of nitrogens with zero attached hydrogens (tertiary/aromatic N) is 4. The number of aryl methyl sites for hydroxylation is 2. The SMILES string of the molecule is CN[C@@H](C)CCc1cnc(C(F)(F)F)cn1.CN[C@@H](C)CCc1cnc(C(F)(F)F)cn1.O=C(O)c1cccc(C(=O)O)c1.O=C=O. The second kappa shape index (κ2) is 21.1. The smallest absolute Gasteiger partial charge is 0.434 e. The molecule has 0 saturated heterocycles. The molecule has 1 aromatic carbocycles. The minimum atomic E-state index is -4.41. The molecule has 12 nitrogen and oxygen atoms in total. The third kappa shape index (κ3) is 18.1. The van der Waals surface area contributed by atoms with Crippen LogP contribution in [0.25, 0.3) is 0 Å². The van der Waals surface area contributed by atoms with Crippen LogP contribution < -0.4 is 10.6 Å². The molecule has 47 heavy (non-hydrogen) atoms. The largest absolute Gasteiger partial charge is 0.478 e. The Morgan fingerprint density at radius 2 is 1.06 bits per heavy atom. The van der Waals surface area contributed by atoms with E-state index in [-0.39, 0.29) is 17.3 Å². The molecule has 0 aliphatic rings. The Balaban J connectivity index is 0.000000653. The molecule has 0 saturated carbocycles. The summed E-state index contributed by atoms with van der Waals surface area (Å²) in [6.45, 7) is 4.00. The van der Waals surface area contributed by atoms with Crippen molar-refractivity contribution >= 4 is 18.1 Å². The number of aromatic nitrogens is 4. The maximum atomic E-state index is 12.2. The van der Waals surface area contributed by atoms with Crippen LogP contribution in [0.3, 0.4) is 0 Å². The van der Waals surface area contributed by atoms with Gasteiger partial charge in [-0.1, -0.05) is 6.07 Å². The van der Waals surface area contributed by atoms with Gasteiger partial charge in [0, 0.05) is 24.5 Å². The lowest BCUT2D eigenvalue weighted by Gasteiger charge is -2.09. The second-order valence-electron chi connectivity index (χ2n) is 9.51. The maximum Gasteiger partial charge on any atom is 0.434 e. The van der Waals surface area contributed by atoms with Crippen molar-refractivity contribution in [1.29, 1.82) is 0 Å². The molecular weight excluding hydrogens is 642 g/mol. The molecule has 2 heterocycles. The molecule has 258 valence electrons. The summed E-state index contributed by atoms with van der Waals surface area (Å²) in [6.07, 6.45) is -1.78. The highest BCUT2D eigenvalue weighted by molar-refractivity contribution is 5.93. The molecule has 0 aliphatic carbocycles. The molecule has 0 radical (unpaired) electrons. The van der Waals surface area contributed by atoms with E-state index in [0.717, 1.165) is 31.3 Å². The number of carbonyl (C=O) groups excluding carboxylic acids is 2. The van der Waals surface area contributed by atoms with Gasteiger partial charge < -0.3 is 20.8 Å². The van der Waals surface area contributed by atoms with Crippen LogP contribution in [0.2, 0.25) is 0 Å². The van der Waals surface area contributed by atoms with E-state index >= 15 is 0 Å². The van der Waals surface area contributed by atoms with Crippen molar-refractivity contribution in [1.82, 2.24) is 30.6 Å². The molecule has 0 spiro atoms. The average molecular weight is 677 g/mol. The number of alkyl halides is 6. The van der Waals surface area contributed by atoms with Crippen LogP contribution >= 0.6 is 0 Å². The lowest BCUT2D eigenvalue weighted by molar-refractivity contribution is -0.191. The molecule has 0 aliphatic heterocycles. The molecular formula is C29H34F6N6O6. The van der Waals surface area contributed by atoms with Crippen molar-refractivity contribution < 1.29 is 55.7 Å². The molecule has 0 unspecified atom stereocenters. The number of aromatic carboxylic acids is 2. The highest BCUT2D eigenvalue weighted by atomic mass is 19.4. The van der Waals surface area contributed by atoms with Gasteiger partial charge >= 0.3 is 30.4 Å². The van der Waals surface area contributed by atoms with Gasteiger partial charge in [0.15, 0.2) is 11.4 Å². The lowest BCUT2D eigenvalue weighted by Crippen LogP contribution is -2.21. The first kappa shape index (κ1) is 42.2. The van der Waals surface area contributed by atoms with Crippen LogP contribution in [-0.4, -0.2) is 74.4 Å². The molecule has 18 heteroatoms. The van der Waals surface area contributed by atoms with Gasteiger partial charge in [-0.2, -0.15) is 35.9 Å². The first-order valence-corrected chi connectivity index (χ1v) is 13.6. The molecule has 0 amide bonds. The summed E-state index contributed by atoms with van der Waals surface area (Å²) in [7, 11) is 3.67. The van der Waals surface area contributed by atoms with Gasteiger partial charge in [0.05, 0.1) is 34.9 Å². The minimum absolute atomic E-state index is 0.0186. The zero-order valence-electron chi connectivity index (χ0n) is 25.7. The van der Waals surface area contributed by atoms with Gasteiger partial charge in [-0.25, -0.2) is 19.6 Å². The quantitative estimate of drug-likeness (QED) is 0.220. The Kier molecular flexibility index (Phi) is 18.9. The normalized spacial score (nSPS) is 12.0. The summed E-state index contributed by atoms with van der Waals surface area (Å²) in [6, 6.07) is 5.81. The van der Waals surface area contributed by atoms with Crippen molar-refractivity contribution in [2.24, 2.45) is 0 Å². The molecule has 2 aromatic heterocycles. The van der Waals surface area contributed by atoms with Gasteiger partial charge in [0.1, 0.15) is 0 Å². The predicted molar refractivity (Wildman–Crippen MR) is 153 cm³/mol. The maximum absolute atomic E-state index is 12.2. The predicted octanol–water partition coefficient (Wildman–Crippen LogP) is 4.57. The number of halogens is 6. The zero-order valence-corrected chi connectivity index (χ0v) is 25.7. The summed E-state index contributed by atoms with van der Waals surface area (Å²) < 4.78 is 73.1. The summed E-state index contributed by atoms with van der Waals surface area (Å²) in [4.78, 5) is 51.2. The van der Waals surface area contributed by atoms with Crippen molar-refractivity contribution in [2.45, 2.75) is 64.0 Å². The van der Waals surface area contributed by atoms with E-state index < -0.39 is 35.7 Å². The lowest BCUT2D eigenvalue weighted by atomic mass is 10.1. The molecule has 2 atom stereocenters. The van der Waals surface area contributed by atoms with Crippen LogP contribution in [0.15, 0.2) is 49.1 Å². The van der Waals surface area contributed by atoms with Crippen molar-refractivity contribution in [3.63, 3.8) is 0 Å². The van der Waals surface area contributed by atoms with E-state index in [2.05, 4.69) is 30.6 Å². The second-order valence-corrected chi connectivity index (χ2v) is 9.51. The molecule has 3 rings (SSSR count). The summed E-state index contributed by atoms with van der Waals surface area (Å²) in [5, 5.41) is 23.1. The van der Waals surface area contributed by atoms with Crippen LogP contribution in [0, 0.1) is 0 Å². The summed E-state index contributed by atoms with van der Waals surface area (Å²) in [5.41, 5.74) is -0.772. The van der Waals surface area contributed by atoms with Crippen LogP contribution in [0.4, 0.5) is 26.3 Å². The highest BCUT2D eigenvalue weighted by Gasteiger charge is 2.33. The Morgan fingerprint density at radius 3 is 1.30 bits per heavy atom. The summed E-state index contributed by atoms with van der Waals surface area (Å²) >= 11 is 0. The van der Waals surface area contributed by atoms with Gasteiger partial charge in [-0.15, -0.1) is 0 Å². The third-order valence-electron chi connectivity index (χ3n) is 6.00. The molecule has 0 fully saturated rings. The van der Waals surface area contributed by atoms with Crippen LogP contribution in [-0.2, 0) is 34.8 Å². The molecule has 4 N–H and O–H groups in total. The van der Waals surface area contributed by atoms with Gasteiger partial charge in [-0.05, 0) is 71.8 Å². The number of carbonyl (C=O) groups is 2. The van der Waals surface area contributed by atoms with Crippen LogP contribution in [0.5, 0.6) is 0 Å². The van der Waals surface area contributed by atoms with E-state index in [1.807, 2.05) is 27.9 Å². The van der Waals surface area contributed by atoms with E-state index in [1.165, 1.54) is 30.6 Å². The van der Waals surface area contributed by atoms with Gasteiger partial charge in [-0.3, -0.25) is 9.97 Å². The minimum Gasteiger partial charge on any atom is -0.478 e. The average Bonchev–Trinajstić information content (AvgIpc) is 3.03. The highest BCUT2D eigenvalue weighted by Crippen LogP contribution is 2.27. The number of carboxylic acid groups (broad SMARTS) is 2. The zero-order chi connectivity index (χ0) is 36.2. The van der Waals surface area contributed by atoms with Crippen molar-refractivity contribution in [3.05, 3.63) is 83.0 Å². The van der Waals surface area contributed by atoms with Crippen LogP contribution in [0.1, 0.15) is 70.2 Å². The summed E-state index contributed by atoms with van der Waals surface area (Å²) in [5.74, 6) is -2.25. The van der Waals surface area contributed by atoms with E-state index in [4.69, 9.17) is 19.8 Å². The number of rotatable bonds is 10. The number of benzene rings is 1. The molecule has 3 aromatic rings.